The van der Waals surface area contributed by atoms with Crippen LogP contribution >= 0.6 is 12.4 Å². The Morgan fingerprint density at radius 2 is 1.85 bits per heavy atom. The molecule has 1 fully saturated rings. The van der Waals surface area contributed by atoms with Crippen LogP contribution in [0.4, 0.5) is 0 Å². The molecule has 1 aliphatic rings. The van der Waals surface area contributed by atoms with E-state index >= 15 is 0 Å². The van der Waals surface area contributed by atoms with Crippen LogP contribution in [0, 0.1) is 6.92 Å². The van der Waals surface area contributed by atoms with Crippen molar-refractivity contribution in [3.8, 4) is 0 Å². The number of carbonyl (C=O) groups is 1. The van der Waals surface area contributed by atoms with Gasteiger partial charge in [-0.15, -0.1) is 12.4 Å². The minimum Gasteiger partial charge on any atom is -0.343 e. The van der Waals surface area contributed by atoms with Gasteiger partial charge in [-0.2, -0.15) is 0 Å². The molecule has 4 heteroatoms. The van der Waals surface area contributed by atoms with Crippen molar-refractivity contribution in [1.82, 2.24) is 10.2 Å². The molecule has 1 aromatic carbocycles. The van der Waals surface area contributed by atoms with Crippen molar-refractivity contribution < 1.29 is 4.79 Å². The molecule has 0 saturated carbocycles. The van der Waals surface area contributed by atoms with Crippen LogP contribution in [0.25, 0.3) is 0 Å². The van der Waals surface area contributed by atoms with E-state index in [1.54, 1.807) is 0 Å². The summed E-state index contributed by atoms with van der Waals surface area (Å²) in [5, 5.41) is 3.29. The maximum Gasteiger partial charge on any atom is 0.222 e. The molecule has 1 N–H and O–H groups in total. The second kappa shape index (κ2) is 8.28. The number of carbonyl (C=O) groups excluding carboxylic acids is 1. The number of rotatable bonds is 4. The van der Waals surface area contributed by atoms with E-state index in [1.807, 2.05) is 11.9 Å². The zero-order chi connectivity index (χ0) is 13.7. The Morgan fingerprint density at radius 3 is 2.40 bits per heavy atom. The van der Waals surface area contributed by atoms with Crippen molar-refractivity contribution >= 4 is 18.3 Å². The highest BCUT2D eigenvalue weighted by molar-refractivity contribution is 5.85. The van der Waals surface area contributed by atoms with E-state index in [9.17, 15) is 4.79 Å². The third kappa shape index (κ3) is 4.80. The molecule has 0 atom stereocenters. The van der Waals surface area contributed by atoms with Gasteiger partial charge in [-0.05, 0) is 38.8 Å². The van der Waals surface area contributed by atoms with E-state index in [1.165, 1.54) is 11.1 Å². The molecule has 1 saturated heterocycles. The molecule has 3 nitrogen and oxygen atoms in total. The monoisotopic (exact) mass is 296 g/mol. The lowest BCUT2D eigenvalue weighted by Gasteiger charge is -2.31. The summed E-state index contributed by atoms with van der Waals surface area (Å²) < 4.78 is 0. The molecule has 1 aromatic rings. The van der Waals surface area contributed by atoms with Crippen molar-refractivity contribution in [1.29, 1.82) is 0 Å². The van der Waals surface area contributed by atoms with Crippen LogP contribution in [0.1, 0.15) is 30.4 Å². The van der Waals surface area contributed by atoms with Gasteiger partial charge in [-0.3, -0.25) is 4.79 Å². The molecule has 0 spiro atoms. The number of piperidine rings is 1. The van der Waals surface area contributed by atoms with E-state index in [-0.39, 0.29) is 12.4 Å². The van der Waals surface area contributed by atoms with Crippen LogP contribution < -0.4 is 5.32 Å². The van der Waals surface area contributed by atoms with Gasteiger partial charge in [-0.25, -0.2) is 0 Å². The number of likely N-dealkylation sites (tertiary alicyclic amines) is 1. The van der Waals surface area contributed by atoms with E-state index in [0.29, 0.717) is 18.4 Å². The third-order valence-electron chi connectivity index (χ3n) is 4.00. The highest BCUT2D eigenvalue weighted by Gasteiger charge is 2.21. The largest absolute Gasteiger partial charge is 0.343 e. The summed E-state index contributed by atoms with van der Waals surface area (Å²) >= 11 is 0. The number of amides is 1. The predicted octanol–water partition coefficient (Wildman–Crippen LogP) is 2.56. The zero-order valence-electron chi connectivity index (χ0n) is 12.4. The number of aryl methyl sites for hydroxylation is 2. The van der Waals surface area contributed by atoms with Gasteiger partial charge in [0.15, 0.2) is 0 Å². The lowest BCUT2D eigenvalue weighted by Crippen LogP contribution is -2.44. The number of benzene rings is 1. The second-order valence-corrected chi connectivity index (χ2v) is 5.43. The Labute approximate surface area is 128 Å². The normalized spacial score (nSPS) is 15.8. The molecular formula is C16H25ClN2O. The Kier molecular flexibility index (Phi) is 7.03. The molecule has 20 heavy (non-hydrogen) atoms. The first-order valence-electron chi connectivity index (χ1n) is 7.19. The van der Waals surface area contributed by atoms with Crippen molar-refractivity contribution in [2.45, 2.75) is 38.6 Å². The summed E-state index contributed by atoms with van der Waals surface area (Å²) in [7, 11) is 2.00. The van der Waals surface area contributed by atoms with Crippen LogP contribution in [0.15, 0.2) is 24.3 Å². The van der Waals surface area contributed by atoms with Gasteiger partial charge in [-0.1, -0.05) is 29.8 Å². The first-order chi connectivity index (χ1) is 9.19. The van der Waals surface area contributed by atoms with Crippen LogP contribution in [0.5, 0.6) is 0 Å². The molecule has 2 rings (SSSR count). The smallest absolute Gasteiger partial charge is 0.222 e. The van der Waals surface area contributed by atoms with Crippen molar-refractivity contribution in [3.63, 3.8) is 0 Å². The quantitative estimate of drug-likeness (QED) is 0.926. The first kappa shape index (κ1) is 17.0. The number of hydrogen-bond donors (Lipinski definition) is 1. The fourth-order valence-electron chi connectivity index (χ4n) is 2.58. The molecule has 0 radical (unpaired) electrons. The predicted molar refractivity (Wildman–Crippen MR) is 85.4 cm³/mol. The van der Waals surface area contributed by atoms with Crippen LogP contribution in [-0.2, 0) is 11.2 Å². The summed E-state index contributed by atoms with van der Waals surface area (Å²) in [6, 6.07) is 9.04. The Balaban J connectivity index is 0.00000200. The molecule has 1 heterocycles. The van der Waals surface area contributed by atoms with Gasteiger partial charge in [0.05, 0.1) is 0 Å². The Morgan fingerprint density at radius 1 is 1.25 bits per heavy atom. The number of hydrogen-bond acceptors (Lipinski definition) is 2. The summed E-state index contributed by atoms with van der Waals surface area (Å²) in [5.41, 5.74) is 2.52. The maximum atomic E-state index is 12.1. The van der Waals surface area contributed by atoms with E-state index in [2.05, 4.69) is 36.5 Å². The third-order valence-corrected chi connectivity index (χ3v) is 4.00. The molecule has 0 bridgehead atoms. The van der Waals surface area contributed by atoms with E-state index in [0.717, 1.165) is 32.4 Å². The van der Waals surface area contributed by atoms with Gasteiger partial charge >= 0.3 is 0 Å². The van der Waals surface area contributed by atoms with Gasteiger partial charge in [0, 0.05) is 25.6 Å². The van der Waals surface area contributed by atoms with Gasteiger partial charge < -0.3 is 10.2 Å². The molecule has 112 valence electrons. The van der Waals surface area contributed by atoms with Crippen LogP contribution in [0.3, 0.4) is 0 Å². The summed E-state index contributed by atoms with van der Waals surface area (Å²) in [6.07, 6.45) is 3.64. The van der Waals surface area contributed by atoms with Crippen molar-refractivity contribution in [2.24, 2.45) is 0 Å². The van der Waals surface area contributed by atoms with Crippen molar-refractivity contribution in [3.05, 3.63) is 35.4 Å². The summed E-state index contributed by atoms with van der Waals surface area (Å²) in [6.45, 7) is 3.89. The average molecular weight is 297 g/mol. The number of halogens is 1. The van der Waals surface area contributed by atoms with E-state index in [4.69, 9.17) is 0 Å². The second-order valence-electron chi connectivity index (χ2n) is 5.43. The van der Waals surface area contributed by atoms with E-state index < -0.39 is 0 Å². The number of nitrogens with zero attached hydrogens (tertiary/aromatic N) is 1. The fourth-order valence-corrected chi connectivity index (χ4v) is 2.58. The van der Waals surface area contributed by atoms with Gasteiger partial charge in [0.1, 0.15) is 0 Å². The lowest BCUT2D eigenvalue weighted by atomic mass is 10.0. The molecule has 1 aliphatic heterocycles. The minimum absolute atomic E-state index is 0. The highest BCUT2D eigenvalue weighted by atomic mass is 35.5. The standard InChI is InChI=1S/C16H24N2O.ClH/c1-13-3-5-14(6-4-13)7-8-16(19)18-11-9-15(17-2)10-12-18;/h3-6,15,17H,7-12H2,1-2H3;1H. The first-order valence-corrected chi connectivity index (χ1v) is 7.19. The molecule has 0 unspecified atom stereocenters. The van der Waals surface area contributed by atoms with Gasteiger partial charge in [0.25, 0.3) is 0 Å². The molecule has 0 aromatic heterocycles. The number of nitrogens with one attached hydrogen (secondary N) is 1. The molecular weight excluding hydrogens is 272 g/mol. The minimum atomic E-state index is 0. The fraction of sp³-hybridized carbons (Fsp3) is 0.562. The highest BCUT2D eigenvalue weighted by Crippen LogP contribution is 2.13. The maximum absolute atomic E-state index is 12.1. The summed E-state index contributed by atoms with van der Waals surface area (Å²) in [4.78, 5) is 14.2. The topological polar surface area (TPSA) is 32.3 Å². The Bertz CT molecular complexity index is 411. The summed E-state index contributed by atoms with van der Waals surface area (Å²) in [5.74, 6) is 0.301. The Hall–Kier alpha value is -1.06. The SMILES string of the molecule is CNC1CCN(C(=O)CCc2ccc(C)cc2)CC1.Cl. The van der Waals surface area contributed by atoms with Gasteiger partial charge in [0.2, 0.25) is 5.91 Å². The molecule has 0 aliphatic carbocycles. The van der Waals surface area contributed by atoms with Crippen molar-refractivity contribution in [2.75, 3.05) is 20.1 Å². The molecule has 1 amide bonds. The average Bonchev–Trinajstić information content (AvgIpc) is 2.46. The zero-order valence-corrected chi connectivity index (χ0v) is 13.2. The van der Waals surface area contributed by atoms with Crippen LogP contribution in [0.2, 0.25) is 0 Å². The lowest BCUT2D eigenvalue weighted by molar-refractivity contribution is -0.132. The van der Waals surface area contributed by atoms with Crippen LogP contribution in [-0.4, -0.2) is 37.0 Å².